The van der Waals surface area contributed by atoms with Gasteiger partial charge in [0.2, 0.25) is 5.91 Å². The van der Waals surface area contributed by atoms with Gasteiger partial charge in [-0.3, -0.25) is 4.79 Å². The fraction of sp³-hybridized carbons (Fsp3) is 0.833. The number of likely N-dealkylation sites (tertiary alicyclic amines) is 1. The third kappa shape index (κ3) is 4.34. The number of nitrogens with one attached hydrogen (secondary N) is 1. The molecule has 0 aromatic carbocycles. The van der Waals surface area contributed by atoms with Gasteiger partial charge >= 0.3 is 5.97 Å². The largest absolute Gasteiger partial charge is 0.480 e. The molecule has 98 valence electrons. The number of nitrogens with zero attached hydrogens (tertiary/aromatic N) is 1. The van der Waals surface area contributed by atoms with Gasteiger partial charge in [0.05, 0.1) is 0 Å². The highest BCUT2D eigenvalue weighted by Crippen LogP contribution is 2.18. The topological polar surface area (TPSA) is 69.6 Å². The molecule has 1 atom stereocenters. The molecule has 1 amide bonds. The number of hydrogen-bond donors (Lipinski definition) is 2. The molecule has 1 aliphatic rings. The lowest BCUT2D eigenvalue weighted by molar-refractivity contribution is -0.148. The van der Waals surface area contributed by atoms with Crippen LogP contribution >= 0.6 is 0 Å². The maximum absolute atomic E-state index is 11.9. The van der Waals surface area contributed by atoms with Crippen molar-refractivity contribution < 1.29 is 14.7 Å². The lowest BCUT2D eigenvalue weighted by Crippen LogP contribution is -2.43. The summed E-state index contributed by atoms with van der Waals surface area (Å²) >= 11 is 0. The molecule has 5 nitrogen and oxygen atoms in total. The van der Waals surface area contributed by atoms with Crippen LogP contribution in [0, 0.1) is 0 Å². The lowest BCUT2D eigenvalue weighted by Gasteiger charge is -2.24. The number of rotatable bonds is 4. The van der Waals surface area contributed by atoms with Crippen molar-refractivity contribution in [2.24, 2.45) is 0 Å². The standard InChI is InChI=1S/C12H22N2O3/c1-12(2,3)13-7-6-10(15)14-8-4-5-9(14)11(16)17/h9,13H,4-8H2,1-3H3,(H,16,17)/t9-/m0/s1. The number of carboxylic acids is 1. The van der Waals surface area contributed by atoms with Crippen LogP contribution in [0.1, 0.15) is 40.0 Å². The Balaban J connectivity index is 2.40. The maximum Gasteiger partial charge on any atom is 0.326 e. The Labute approximate surface area is 102 Å². The van der Waals surface area contributed by atoms with Gasteiger partial charge in [-0.05, 0) is 33.6 Å². The summed E-state index contributed by atoms with van der Waals surface area (Å²) in [5.41, 5.74) is -0.0164. The first kappa shape index (κ1) is 14.0. The molecule has 0 radical (unpaired) electrons. The molecule has 1 heterocycles. The summed E-state index contributed by atoms with van der Waals surface area (Å²) < 4.78 is 0. The molecule has 1 rings (SSSR count). The molecule has 0 saturated carbocycles. The minimum Gasteiger partial charge on any atom is -0.480 e. The number of hydrogen-bond acceptors (Lipinski definition) is 3. The monoisotopic (exact) mass is 242 g/mol. The van der Waals surface area contributed by atoms with E-state index in [-0.39, 0.29) is 11.4 Å². The van der Waals surface area contributed by atoms with Gasteiger partial charge in [0, 0.05) is 25.0 Å². The second-order valence-corrected chi connectivity index (χ2v) is 5.51. The molecule has 1 fully saturated rings. The van der Waals surface area contributed by atoms with E-state index in [9.17, 15) is 9.59 Å². The van der Waals surface area contributed by atoms with Crippen LogP contribution < -0.4 is 5.32 Å². The highest BCUT2D eigenvalue weighted by molar-refractivity contribution is 5.84. The van der Waals surface area contributed by atoms with Gasteiger partial charge in [-0.25, -0.2) is 4.79 Å². The Morgan fingerprint density at radius 1 is 1.41 bits per heavy atom. The first-order valence-electron chi connectivity index (χ1n) is 6.08. The van der Waals surface area contributed by atoms with E-state index < -0.39 is 12.0 Å². The van der Waals surface area contributed by atoms with Crippen LogP contribution in [0.2, 0.25) is 0 Å². The van der Waals surface area contributed by atoms with E-state index in [1.807, 2.05) is 20.8 Å². The molecule has 0 unspecified atom stereocenters. The summed E-state index contributed by atoms with van der Waals surface area (Å²) in [6, 6.07) is -0.614. The van der Waals surface area contributed by atoms with Crippen molar-refractivity contribution in [2.45, 2.75) is 51.6 Å². The van der Waals surface area contributed by atoms with Crippen molar-refractivity contribution in [3.8, 4) is 0 Å². The number of amides is 1. The van der Waals surface area contributed by atoms with Crippen LogP contribution in [0.15, 0.2) is 0 Å². The molecular formula is C12H22N2O3. The Bertz CT molecular complexity index is 297. The fourth-order valence-corrected chi connectivity index (χ4v) is 2.01. The molecule has 0 aromatic heterocycles. The summed E-state index contributed by atoms with van der Waals surface area (Å²) in [5, 5.41) is 12.2. The van der Waals surface area contributed by atoms with E-state index >= 15 is 0 Å². The van der Waals surface area contributed by atoms with E-state index in [2.05, 4.69) is 5.32 Å². The van der Waals surface area contributed by atoms with E-state index in [0.29, 0.717) is 25.9 Å². The van der Waals surface area contributed by atoms with Crippen molar-refractivity contribution in [3.05, 3.63) is 0 Å². The van der Waals surface area contributed by atoms with Crippen LogP contribution in [0.5, 0.6) is 0 Å². The molecule has 5 heteroatoms. The van der Waals surface area contributed by atoms with Gasteiger partial charge in [0.25, 0.3) is 0 Å². The molecule has 0 bridgehead atoms. The average molecular weight is 242 g/mol. The van der Waals surface area contributed by atoms with E-state index in [0.717, 1.165) is 6.42 Å². The summed E-state index contributed by atoms with van der Waals surface area (Å²) in [4.78, 5) is 24.3. The predicted octanol–water partition coefficient (Wildman–Crippen LogP) is 0.840. The predicted molar refractivity (Wildman–Crippen MR) is 64.7 cm³/mol. The van der Waals surface area contributed by atoms with E-state index in [1.54, 1.807) is 0 Å². The van der Waals surface area contributed by atoms with Crippen molar-refractivity contribution in [1.82, 2.24) is 10.2 Å². The van der Waals surface area contributed by atoms with Crippen LogP contribution in [-0.4, -0.2) is 46.6 Å². The second kappa shape index (κ2) is 5.49. The average Bonchev–Trinajstić information content (AvgIpc) is 2.63. The quantitative estimate of drug-likeness (QED) is 0.766. The van der Waals surface area contributed by atoms with Gasteiger partial charge in [-0.2, -0.15) is 0 Å². The zero-order valence-corrected chi connectivity index (χ0v) is 10.8. The molecule has 1 saturated heterocycles. The summed E-state index contributed by atoms with van der Waals surface area (Å²) in [5.74, 6) is -0.953. The minimum absolute atomic E-state index is 0.0164. The Hall–Kier alpha value is -1.10. The molecular weight excluding hydrogens is 220 g/mol. The first-order chi connectivity index (χ1) is 7.81. The van der Waals surface area contributed by atoms with Crippen molar-refractivity contribution in [3.63, 3.8) is 0 Å². The lowest BCUT2D eigenvalue weighted by atomic mass is 10.1. The van der Waals surface area contributed by atoms with Crippen molar-refractivity contribution in [1.29, 1.82) is 0 Å². The van der Waals surface area contributed by atoms with E-state index in [1.165, 1.54) is 4.90 Å². The zero-order valence-electron chi connectivity index (χ0n) is 10.8. The summed E-state index contributed by atoms with van der Waals surface area (Å²) in [6.07, 6.45) is 1.73. The van der Waals surface area contributed by atoms with Gasteiger partial charge in [0.1, 0.15) is 6.04 Å². The Kier molecular flexibility index (Phi) is 4.51. The van der Waals surface area contributed by atoms with Crippen molar-refractivity contribution >= 4 is 11.9 Å². The third-order valence-corrected chi connectivity index (χ3v) is 2.85. The SMILES string of the molecule is CC(C)(C)NCCC(=O)N1CCC[C@H]1C(=O)O. The van der Waals surface area contributed by atoms with Crippen LogP contribution in [-0.2, 0) is 9.59 Å². The minimum atomic E-state index is -0.889. The van der Waals surface area contributed by atoms with Gasteiger partial charge in [0.15, 0.2) is 0 Å². The highest BCUT2D eigenvalue weighted by atomic mass is 16.4. The molecule has 17 heavy (non-hydrogen) atoms. The highest BCUT2D eigenvalue weighted by Gasteiger charge is 2.33. The van der Waals surface area contributed by atoms with Crippen LogP contribution in [0.4, 0.5) is 0 Å². The molecule has 0 aromatic rings. The zero-order chi connectivity index (χ0) is 13.1. The normalized spacial score (nSPS) is 20.6. The van der Waals surface area contributed by atoms with Crippen LogP contribution in [0.25, 0.3) is 0 Å². The number of carbonyl (C=O) groups is 2. The van der Waals surface area contributed by atoms with Gasteiger partial charge < -0.3 is 15.3 Å². The molecule has 1 aliphatic heterocycles. The molecule has 0 spiro atoms. The summed E-state index contributed by atoms with van der Waals surface area (Å²) in [6.45, 7) is 7.27. The maximum atomic E-state index is 11.9. The Morgan fingerprint density at radius 3 is 2.59 bits per heavy atom. The molecule has 0 aliphatic carbocycles. The second-order valence-electron chi connectivity index (χ2n) is 5.51. The Morgan fingerprint density at radius 2 is 2.06 bits per heavy atom. The molecule has 2 N–H and O–H groups in total. The van der Waals surface area contributed by atoms with Crippen LogP contribution in [0.3, 0.4) is 0 Å². The smallest absolute Gasteiger partial charge is 0.326 e. The third-order valence-electron chi connectivity index (χ3n) is 2.85. The van der Waals surface area contributed by atoms with Gasteiger partial charge in [-0.15, -0.1) is 0 Å². The summed E-state index contributed by atoms with van der Waals surface area (Å²) in [7, 11) is 0. The number of carbonyl (C=O) groups excluding carboxylic acids is 1. The van der Waals surface area contributed by atoms with Gasteiger partial charge in [-0.1, -0.05) is 0 Å². The number of carboxylic acid groups (broad SMARTS) is 1. The number of aliphatic carboxylic acids is 1. The fourth-order valence-electron chi connectivity index (χ4n) is 2.01. The van der Waals surface area contributed by atoms with E-state index in [4.69, 9.17) is 5.11 Å². The van der Waals surface area contributed by atoms with Crippen molar-refractivity contribution in [2.75, 3.05) is 13.1 Å². The first-order valence-corrected chi connectivity index (χ1v) is 6.08.